The average Bonchev–Trinajstić information content (AvgIpc) is 2.45. The van der Waals surface area contributed by atoms with Gasteiger partial charge < -0.3 is 5.32 Å². The minimum absolute atomic E-state index is 0.469. The summed E-state index contributed by atoms with van der Waals surface area (Å²) in [4.78, 5) is 6.94. The van der Waals surface area contributed by atoms with E-state index < -0.39 is 0 Å². The van der Waals surface area contributed by atoms with Crippen LogP contribution < -0.4 is 5.32 Å². The first kappa shape index (κ1) is 13.6. The van der Waals surface area contributed by atoms with E-state index in [-0.39, 0.29) is 0 Å². The molecule has 1 N–H and O–H groups in total. The summed E-state index contributed by atoms with van der Waals surface area (Å²) in [5, 5.41) is 3.39. The highest BCUT2D eigenvalue weighted by Crippen LogP contribution is 2.24. The summed E-state index contributed by atoms with van der Waals surface area (Å²) in [6.45, 7) is 6.71. The molecule has 1 aromatic carbocycles. The van der Waals surface area contributed by atoms with E-state index in [0.29, 0.717) is 6.04 Å². The molecule has 1 aromatic rings. The lowest BCUT2D eigenvalue weighted by molar-refractivity contribution is 0.185. The predicted octanol–water partition coefficient (Wildman–Crippen LogP) is 2.68. The van der Waals surface area contributed by atoms with Crippen molar-refractivity contribution in [2.75, 3.05) is 32.4 Å². The molecule has 1 atom stereocenters. The number of nitrogens with one attached hydrogen (secondary N) is 1. The van der Waals surface area contributed by atoms with Crippen molar-refractivity contribution in [3.8, 4) is 0 Å². The van der Waals surface area contributed by atoms with Crippen molar-refractivity contribution < 1.29 is 0 Å². The van der Waals surface area contributed by atoms with Crippen molar-refractivity contribution in [1.29, 1.82) is 0 Å². The first-order chi connectivity index (χ1) is 8.81. The molecule has 1 fully saturated rings. The molecule has 18 heavy (non-hydrogen) atoms. The van der Waals surface area contributed by atoms with Crippen LogP contribution in [0.25, 0.3) is 0 Å². The van der Waals surface area contributed by atoms with Crippen molar-refractivity contribution in [3.05, 3.63) is 29.8 Å². The molecule has 0 saturated carbocycles. The molecule has 0 amide bonds. The summed E-state index contributed by atoms with van der Waals surface area (Å²) in [5.41, 5.74) is 4.28. The second-order valence-corrected chi connectivity index (χ2v) is 5.21. The summed E-state index contributed by atoms with van der Waals surface area (Å²) >= 11 is 1.63. The van der Waals surface area contributed by atoms with Gasteiger partial charge in [-0.3, -0.25) is 9.89 Å². The first-order valence-electron chi connectivity index (χ1n) is 6.41. The van der Waals surface area contributed by atoms with E-state index in [4.69, 9.17) is 0 Å². The van der Waals surface area contributed by atoms with Gasteiger partial charge in [-0.15, -0.1) is 11.8 Å². The Hall–Kier alpha value is -0.840. The minimum Gasteiger partial charge on any atom is -0.314 e. The Kier molecular flexibility index (Phi) is 5.23. The Bertz CT molecular complexity index is 400. The molecular formula is C14H21N3S. The minimum atomic E-state index is 0.469. The smallest absolute Gasteiger partial charge is 0.0639 e. The van der Waals surface area contributed by atoms with Gasteiger partial charge in [0, 0.05) is 32.2 Å². The number of thioether (sulfide) groups is 1. The zero-order valence-electron chi connectivity index (χ0n) is 11.1. The fraction of sp³-hybridized carbons (Fsp3) is 0.500. The number of rotatable bonds is 4. The summed E-state index contributed by atoms with van der Waals surface area (Å²) in [6, 6.07) is 9.02. The maximum atomic E-state index is 4.42. The quantitative estimate of drug-likeness (QED) is 0.668. The molecule has 0 radical (unpaired) electrons. The molecule has 3 nitrogen and oxygen atoms in total. The monoisotopic (exact) mass is 263 g/mol. The van der Waals surface area contributed by atoms with E-state index in [1.807, 2.05) is 11.8 Å². The van der Waals surface area contributed by atoms with Gasteiger partial charge in [0.1, 0.15) is 0 Å². The second kappa shape index (κ2) is 6.92. The molecule has 1 unspecified atom stereocenters. The summed E-state index contributed by atoms with van der Waals surface area (Å²) in [5.74, 6) is 0. The third kappa shape index (κ3) is 3.57. The number of aliphatic imine (C=N–C) groups is 1. The number of hydrogen-bond acceptors (Lipinski definition) is 4. The van der Waals surface area contributed by atoms with Gasteiger partial charge in [0.15, 0.2) is 0 Å². The zero-order chi connectivity index (χ0) is 12.8. The predicted molar refractivity (Wildman–Crippen MR) is 81.0 cm³/mol. The van der Waals surface area contributed by atoms with Gasteiger partial charge in [-0.05, 0) is 30.9 Å². The lowest BCUT2D eigenvalue weighted by atomic mass is 10.1. The van der Waals surface area contributed by atoms with Crippen LogP contribution in [0, 0.1) is 0 Å². The molecule has 1 aliphatic heterocycles. The maximum absolute atomic E-state index is 4.42. The van der Waals surface area contributed by atoms with Gasteiger partial charge in [-0.1, -0.05) is 12.1 Å². The van der Waals surface area contributed by atoms with E-state index in [1.54, 1.807) is 11.8 Å². The molecule has 0 aliphatic carbocycles. The number of benzene rings is 1. The van der Waals surface area contributed by atoms with E-state index >= 15 is 0 Å². The molecule has 1 heterocycles. The Labute approximate surface area is 114 Å². The van der Waals surface area contributed by atoms with Crippen LogP contribution in [0.2, 0.25) is 0 Å². The van der Waals surface area contributed by atoms with Gasteiger partial charge in [-0.2, -0.15) is 0 Å². The van der Waals surface area contributed by atoms with Crippen LogP contribution in [0.5, 0.6) is 0 Å². The first-order valence-corrected chi connectivity index (χ1v) is 7.70. The van der Waals surface area contributed by atoms with Crippen LogP contribution in [0.15, 0.2) is 29.3 Å². The average molecular weight is 263 g/mol. The van der Waals surface area contributed by atoms with Crippen LogP contribution in [0.3, 0.4) is 0 Å². The molecule has 1 saturated heterocycles. The normalized spacial score (nSPS) is 19.2. The largest absolute Gasteiger partial charge is 0.314 e. The molecule has 4 heteroatoms. The van der Waals surface area contributed by atoms with E-state index in [1.165, 1.54) is 5.56 Å². The lowest BCUT2D eigenvalue weighted by Gasteiger charge is -2.33. The SMILES string of the molecule is CS/C=N\c1cccc(C(C)N2CCNCC2)c1. The third-order valence-corrected chi connectivity index (χ3v) is 3.68. The topological polar surface area (TPSA) is 27.6 Å². The summed E-state index contributed by atoms with van der Waals surface area (Å²) in [6.07, 6.45) is 2.02. The van der Waals surface area contributed by atoms with E-state index in [2.05, 4.69) is 46.4 Å². The standard InChI is InChI=1S/C14H21N3S/c1-12(17-8-6-15-7-9-17)13-4-3-5-14(10-13)16-11-18-2/h3-5,10-12,15H,6-9H2,1-2H3/b16-11-. The fourth-order valence-electron chi connectivity index (χ4n) is 2.26. The number of piperazine rings is 1. The van der Waals surface area contributed by atoms with Crippen molar-refractivity contribution in [2.45, 2.75) is 13.0 Å². The molecule has 98 valence electrons. The van der Waals surface area contributed by atoms with Gasteiger partial charge in [0.25, 0.3) is 0 Å². The van der Waals surface area contributed by atoms with Gasteiger partial charge in [0.2, 0.25) is 0 Å². The Balaban J connectivity index is 2.09. The van der Waals surface area contributed by atoms with Crippen LogP contribution in [0.4, 0.5) is 5.69 Å². The lowest BCUT2D eigenvalue weighted by Crippen LogP contribution is -2.44. The second-order valence-electron chi connectivity index (χ2n) is 4.53. The Morgan fingerprint density at radius 3 is 2.89 bits per heavy atom. The summed E-state index contributed by atoms with van der Waals surface area (Å²) < 4.78 is 0. The van der Waals surface area contributed by atoms with Gasteiger partial charge in [0.05, 0.1) is 11.2 Å². The van der Waals surface area contributed by atoms with E-state index in [9.17, 15) is 0 Å². The van der Waals surface area contributed by atoms with Crippen molar-refractivity contribution >= 4 is 23.0 Å². The van der Waals surface area contributed by atoms with Crippen LogP contribution in [-0.4, -0.2) is 42.9 Å². The number of nitrogens with zero attached hydrogens (tertiary/aromatic N) is 2. The van der Waals surface area contributed by atoms with Gasteiger partial charge >= 0.3 is 0 Å². The van der Waals surface area contributed by atoms with Gasteiger partial charge in [-0.25, -0.2) is 0 Å². The third-order valence-electron chi connectivity index (χ3n) is 3.36. The highest BCUT2D eigenvalue weighted by Gasteiger charge is 2.17. The zero-order valence-corrected chi connectivity index (χ0v) is 11.9. The highest BCUT2D eigenvalue weighted by molar-refractivity contribution is 8.11. The Morgan fingerprint density at radius 1 is 1.39 bits per heavy atom. The Morgan fingerprint density at radius 2 is 2.17 bits per heavy atom. The molecular weight excluding hydrogens is 242 g/mol. The van der Waals surface area contributed by atoms with Crippen molar-refractivity contribution in [1.82, 2.24) is 10.2 Å². The van der Waals surface area contributed by atoms with Crippen molar-refractivity contribution in [2.24, 2.45) is 4.99 Å². The molecule has 2 rings (SSSR count). The number of hydrogen-bond donors (Lipinski definition) is 1. The maximum Gasteiger partial charge on any atom is 0.0639 e. The fourth-order valence-corrected chi connectivity index (χ4v) is 2.49. The molecule has 1 aliphatic rings. The van der Waals surface area contributed by atoms with Crippen molar-refractivity contribution in [3.63, 3.8) is 0 Å². The van der Waals surface area contributed by atoms with Crippen LogP contribution >= 0.6 is 11.8 Å². The van der Waals surface area contributed by atoms with Crippen LogP contribution in [0.1, 0.15) is 18.5 Å². The van der Waals surface area contributed by atoms with E-state index in [0.717, 1.165) is 31.9 Å². The molecule has 0 spiro atoms. The summed E-state index contributed by atoms with van der Waals surface area (Å²) in [7, 11) is 0. The molecule has 0 aromatic heterocycles. The molecule has 0 bridgehead atoms. The van der Waals surface area contributed by atoms with Crippen LogP contribution in [-0.2, 0) is 0 Å². The highest BCUT2D eigenvalue weighted by atomic mass is 32.2.